The van der Waals surface area contributed by atoms with E-state index in [1.807, 2.05) is 0 Å². The number of carboxylic acids is 1. The van der Waals surface area contributed by atoms with Gasteiger partial charge < -0.3 is 19.9 Å². The molecule has 6 nitrogen and oxygen atoms in total. The number of hydrogen-bond acceptors (Lipinski definition) is 4. The summed E-state index contributed by atoms with van der Waals surface area (Å²) in [5.74, 6) is -0.832. The van der Waals surface area contributed by atoms with Gasteiger partial charge in [0.1, 0.15) is 5.75 Å². The molecule has 22 heavy (non-hydrogen) atoms. The highest BCUT2D eigenvalue weighted by Crippen LogP contribution is 2.25. The van der Waals surface area contributed by atoms with Gasteiger partial charge in [0, 0.05) is 17.2 Å². The first kappa shape index (κ1) is 16.6. The highest BCUT2D eigenvalue weighted by molar-refractivity contribution is 6.31. The van der Waals surface area contributed by atoms with Gasteiger partial charge >= 0.3 is 5.97 Å². The smallest absolute Gasteiger partial charge is 0.305 e. The maximum absolute atomic E-state index is 12.0. The number of carboxylic acid groups (broad SMARTS) is 1. The SMILES string of the molecule is Cc1c(Cl)cccc1OCC(=O)NC1(CC(=O)O)CCOC1. The number of ether oxygens (including phenoxy) is 2. The highest BCUT2D eigenvalue weighted by atomic mass is 35.5. The zero-order valence-electron chi connectivity index (χ0n) is 12.2. The van der Waals surface area contributed by atoms with Crippen molar-refractivity contribution in [3.63, 3.8) is 0 Å². The molecule has 0 aliphatic carbocycles. The molecule has 2 N–H and O–H groups in total. The molecule has 1 aromatic carbocycles. The van der Waals surface area contributed by atoms with E-state index in [9.17, 15) is 9.59 Å². The molecule has 2 rings (SSSR count). The largest absolute Gasteiger partial charge is 0.483 e. The normalized spacial score (nSPS) is 20.6. The lowest BCUT2D eigenvalue weighted by Gasteiger charge is -2.27. The molecule has 0 spiro atoms. The van der Waals surface area contributed by atoms with E-state index in [1.54, 1.807) is 25.1 Å². The molecule has 0 bridgehead atoms. The van der Waals surface area contributed by atoms with Gasteiger partial charge in [0.2, 0.25) is 0 Å². The number of rotatable bonds is 6. The third-order valence-corrected chi connectivity index (χ3v) is 3.98. The minimum Gasteiger partial charge on any atom is -0.483 e. The van der Waals surface area contributed by atoms with Crippen molar-refractivity contribution in [3.05, 3.63) is 28.8 Å². The summed E-state index contributed by atoms with van der Waals surface area (Å²) in [5, 5.41) is 12.3. The van der Waals surface area contributed by atoms with E-state index < -0.39 is 11.5 Å². The summed E-state index contributed by atoms with van der Waals surface area (Å²) in [5.41, 5.74) is -0.100. The summed E-state index contributed by atoms with van der Waals surface area (Å²) in [6.45, 7) is 2.22. The fourth-order valence-electron chi connectivity index (χ4n) is 2.40. The summed E-state index contributed by atoms with van der Waals surface area (Å²) >= 11 is 5.98. The van der Waals surface area contributed by atoms with Crippen LogP contribution in [-0.4, -0.2) is 42.3 Å². The van der Waals surface area contributed by atoms with Crippen molar-refractivity contribution in [3.8, 4) is 5.75 Å². The summed E-state index contributed by atoms with van der Waals surface area (Å²) in [4.78, 5) is 23.0. The van der Waals surface area contributed by atoms with Crippen LogP contribution >= 0.6 is 11.6 Å². The Morgan fingerprint density at radius 1 is 1.50 bits per heavy atom. The Hall–Kier alpha value is -1.79. The summed E-state index contributed by atoms with van der Waals surface area (Å²) in [6, 6.07) is 5.20. The average molecular weight is 328 g/mol. The molecule has 1 aliphatic rings. The van der Waals surface area contributed by atoms with Crippen LogP contribution in [0.3, 0.4) is 0 Å². The monoisotopic (exact) mass is 327 g/mol. The Balaban J connectivity index is 1.94. The number of nitrogens with one attached hydrogen (secondary N) is 1. The summed E-state index contributed by atoms with van der Waals surface area (Å²) in [7, 11) is 0. The molecule has 1 saturated heterocycles. The Bertz CT molecular complexity index is 569. The Labute approximate surface area is 133 Å². The van der Waals surface area contributed by atoms with Gasteiger partial charge in [-0.1, -0.05) is 17.7 Å². The second-order valence-corrected chi connectivity index (χ2v) is 5.76. The van der Waals surface area contributed by atoms with Crippen molar-refractivity contribution in [1.82, 2.24) is 5.32 Å². The van der Waals surface area contributed by atoms with Gasteiger partial charge in [-0.05, 0) is 25.5 Å². The lowest BCUT2D eigenvalue weighted by molar-refractivity contribution is -0.139. The van der Waals surface area contributed by atoms with Gasteiger partial charge in [-0.15, -0.1) is 0 Å². The maximum atomic E-state index is 12.0. The minimum atomic E-state index is -0.975. The number of amides is 1. The van der Waals surface area contributed by atoms with Crippen LogP contribution in [-0.2, 0) is 14.3 Å². The van der Waals surface area contributed by atoms with Gasteiger partial charge in [-0.2, -0.15) is 0 Å². The summed E-state index contributed by atoms with van der Waals surface area (Å²) in [6.07, 6.45) is 0.302. The first-order valence-electron chi connectivity index (χ1n) is 6.90. The molecular formula is C15H18ClNO5. The molecule has 1 amide bonds. The van der Waals surface area contributed by atoms with Crippen LogP contribution in [0.25, 0.3) is 0 Å². The van der Waals surface area contributed by atoms with Crippen LogP contribution in [0.2, 0.25) is 5.02 Å². The van der Waals surface area contributed by atoms with Crippen molar-refractivity contribution in [1.29, 1.82) is 0 Å². The fraction of sp³-hybridized carbons (Fsp3) is 0.467. The first-order valence-corrected chi connectivity index (χ1v) is 7.28. The number of carbonyl (C=O) groups is 2. The standard InChI is InChI=1S/C15H18ClNO5/c1-10-11(16)3-2-4-12(10)22-8-13(18)17-15(7-14(19)20)5-6-21-9-15/h2-4H,5-9H2,1H3,(H,17,18)(H,19,20). The van der Waals surface area contributed by atoms with Crippen LogP contribution in [0.4, 0.5) is 0 Å². The Kier molecular flexibility index (Phi) is 5.26. The number of hydrogen-bond donors (Lipinski definition) is 2. The fourth-order valence-corrected chi connectivity index (χ4v) is 2.56. The molecule has 120 valence electrons. The van der Waals surface area contributed by atoms with Gasteiger partial charge in [0.05, 0.1) is 18.6 Å². The second-order valence-electron chi connectivity index (χ2n) is 5.35. The molecule has 7 heteroatoms. The molecule has 0 aromatic heterocycles. The third-order valence-electron chi connectivity index (χ3n) is 3.57. The van der Waals surface area contributed by atoms with Gasteiger partial charge in [-0.25, -0.2) is 0 Å². The van der Waals surface area contributed by atoms with Crippen LogP contribution in [0.5, 0.6) is 5.75 Å². The Morgan fingerprint density at radius 2 is 2.27 bits per heavy atom. The van der Waals surface area contributed by atoms with E-state index in [0.29, 0.717) is 23.8 Å². The molecule has 1 unspecified atom stereocenters. The summed E-state index contributed by atoms with van der Waals surface area (Å²) < 4.78 is 10.7. The van der Waals surface area contributed by atoms with E-state index in [1.165, 1.54) is 0 Å². The number of aliphatic carboxylic acids is 1. The first-order chi connectivity index (χ1) is 10.4. The quantitative estimate of drug-likeness (QED) is 0.832. The molecule has 1 fully saturated rings. The zero-order chi connectivity index (χ0) is 16.2. The Morgan fingerprint density at radius 3 is 2.91 bits per heavy atom. The van der Waals surface area contributed by atoms with Crippen molar-refractivity contribution in [2.75, 3.05) is 19.8 Å². The van der Waals surface area contributed by atoms with Crippen LogP contribution < -0.4 is 10.1 Å². The van der Waals surface area contributed by atoms with Crippen molar-refractivity contribution >= 4 is 23.5 Å². The highest BCUT2D eigenvalue weighted by Gasteiger charge is 2.38. The van der Waals surface area contributed by atoms with Gasteiger partial charge in [-0.3, -0.25) is 9.59 Å². The van der Waals surface area contributed by atoms with Crippen molar-refractivity contribution < 1.29 is 24.2 Å². The molecule has 0 saturated carbocycles. The molecule has 0 radical (unpaired) electrons. The molecule has 1 atom stereocenters. The van der Waals surface area contributed by atoms with Gasteiger partial charge in [0.25, 0.3) is 5.91 Å². The lowest BCUT2D eigenvalue weighted by Crippen LogP contribution is -2.51. The van der Waals surface area contributed by atoms with Crippen LogP contribution in [0.1, 0.15) is 18.4 Å². The second kappa shape index (κ2) is 6.98. The predicted molar refractivity (Wildman–Crippen MR) is 80.2 cm³/mol. The molecule has 1 heterocycles. The predicted octanol–water partition coefficient (Wildman–Crippen LogP) is 1.78. The van der Waals surface area contributed by atoms with E-state index in [4.69, 9.17) is 26.2 Å². The van der Waals surface area contributed by atoms with Crippen LogP contribution in [0.15, 0.2) is 18.2 Å². The van der Waals surface area contributed by atoms with E-state index in [0.717, 1.165) is 5.56 Å². The minimum absolute atomic E-state index is 0.172. The topological polar surface area (TPSA) is 84.9 Å². The molecule has 1 aliphatic heterocycles. The van der Waals surface area contributed by atoms with Crippen LogP contribution in [0, 0.1) is 6.92 Å². The maximum Gasteiger partial charge on any atom is 0.305 e. The number of carbonyl (C=O) groups excluding carboxylic acids is 1. The number of halogens is 1. The van der Waals surface area contributed by atoms with E-state index in [2.05, 4.69) is 5.32 Å². The lowest BCUT2D eigenvalue weighted by atomic mass is 9.94. The van der Waals surface area contributed by atoms with Crippen molar-refractivity contribution in [2.45, 2.75) is 25.3 Å². The number of benzene rings is 1. The van der Waals surface area contributed by atoms with Gasteiger partial charge in [0.15, 0.2) is 6.61 Å². The zero-order valence-corrected chi connectivity index (χ0v) is 13.0. The average Bonchev–Trinajstić information content (AvgIpc) is 2.87. The van der Waals surface area contributed by atoms with E-state index >= 15 is 0 Å². The van der Waals surface area contributed by atoms with E-state index in [-0.39, 0.29) is 25.5 Å². The third kappa shape index (κ3) is 4.11. The molecule has 1 aromatic rings. The van der Waals surface area contributed by atoms with Crippen molar-refractivity contribution in [2.24, 2.45) is 0 Å². The molecular weight excluding hydrogens is 310 g/mol.